The van der Waals surface area contributed by atoms with Crippen LogP contribution in [-0.2, 0) is 4.79 Å². The number of amides is 1. The molecule has 4 heteroatoms. The molecule has 0 aromatic carbocycles. The van der Waals surface area contributed by atoms with Gasteiger partial charge in [-0.1, -0.05) is 15.9 Å². The van der Waals surface area contributed by atoms with Crippen LogP contribution in [0.4, 0.5) is 0 Å². The fourth-order valence-corrected chi connectivity index (χ4v) is 2.02. The van der Waals surface area contributed by atoms with Crippen LogP contribution >= 0.6 is 15.9 Å². The van der Waals surface area contributed by atoms with E-state index in [0.717, 1.165) is 44.2 Å². The maximum Gasteiger partial charge on any atom is 0.221 e. The van der Waals surface area contributed by atoms with Crippen molar-refractivity contribution in [2.24, 2.45) is 11.7 Å². The lowest BCUT2D eigenvalue weighted by Gasteiger charge is -2.30. The number of carbonyl (C=O) groups excluding carboxylic acids is 1. The van der Waals surface area contributed by atoms with E-state index in [1.54, 1.807) is 0 Å². The molecule has 0 aromatic rings. The molecule has 1 atom stereocenters. The van der Waals surface area contributed by atoms with Gasteiger partial charge >= 0.3 is 0 Å². The topological polar surface area (TPSA) is 46.3 Å². The number of likely N-dealkylation sites (tertiary alicyclic amines) is 1. The van der Waals surface area contributed by atoms with Gasteiger partial charge in [-0.25, -0.2) is 0 Å². The van der Waals surface area contributed by atoms with Gasteiger partial charge in [0.15, 0.2) is 0 Å². The van der Waals surface area contributed by atoms with E-state index in [1.807, 2.05) is 0 Å². The van der Waals surface area contributed by atoms with Gasteiger partial charge in [-0.2, -0.15) is 0 Å². The molecule has 0 spiro atoms. The number of alkyl halides is 1. The van der Waals surface area contributed by atoms with E-state index < -0.39 is 0 Å². The number of carbonyl (C=O) groups is 1. The van der Waals surface area contributed by atoms with Crippen molar-refractivity contribution in [2.45, 2.75) is 19.3 Å². The van der Waals surface area contributed by atoms with E-state index in [1.165, 1.54) is 0 Å². The summed E-state index contributed by atoms with van der Waals surface area (Å²) in [6.45, 7) is 3.06. The summed E-state index contributed by atoms with van der Waals surface area (Å²) in [4.78, 5) is 13.3. The third-order valence-electron chi connectivity index (χ3n) is 2.52. The Hall–Kier alpha value is -0.0900. The molecule has 1 amide bonds. The molecule has 13 heavy (non-hydrogen) atoms. The van der Waals surface area contributed by atoms with Gasteiger partial charge in [-0.3, -0.25) is 4.79 Å². The maximum atomic E-state index is 11.0. The molecule has 1 rings (SSSR count). The van der Waals surface area contributed by atoms with Gasteiger partial charge in [-0.15, -0.1) is 0 Å². The maximum absolute atomic E-state index is 11.0. The van der Waals surface area contributed by atoms with Crippen molar-refractivity contribution in [3.8, 4) is 0 Å². The van der Waals surface area contributed by atoms with Gasteiger partial charge in [0.1, 0.15) is 0 Å². The van der Waals surface area contributed by atoms with Gasteiger partial charge < -0.3 is 10.6 Å². The van der Waals surface area contributed by atoms with E-state index in [9.17, 15) is 4.79 Å². The molecule has 1 aliphatic rings. The lowest BCUT2D eigenvalue weighted by molar-refractivity contribution is -0.123. The second-order valence-corrected chi connectivity index (χ2v) is 4.38. The van der Waals surface area contributed by atoms with Crippen molar-refractivity contribution in [2.75, 3.05) is 25.0 Å². The molecule has 1 saturated heterocycles. The second-order valence-electron chi connectivity index (χ2n) is 3.58. The van der Waals surface area contributed by atoms with Crippen LogP contribution in [0.1, 0.15) is 19.3 Å². The quantitative estimate of drug-likeness (QED) is 0.754. The molecule has 76 valence electrons. The minimum absolute atomic E-state index is 0.0871. The SMILES string of the molecule is NC(=O)C1CCCN(CCCBr)C1. The van der Waals surface area contributed by atoms with Gasteiger partial charge in [-0.05, 0) is 32.4 Å². The Morgan fingerprint density at radius 1 is 1.62 bits per heavy atom. The Kier molecular flexibility index (Phi) is 4.73. The van der Waals surface area contributed by atoms with Crippen LogP contribution in [0.2, 0.25) is 0 Å². The number of piperidine rings is 1. The van der Waals surface area contributed by atoms with Gasteiger partial charge in [0.25, 0.3) is 0 Å². The highest BCUT2D eigenvalue weighted by atomic mass is 79.9. The molecule has 2 N–H and O–H groups in total. The molecule has 1 heterocycles. The Morgan fingerprint density at radius 3 is 3.00 bits per heavy atom. The first-order valence-electron chi connectivity index (χ1n) is 4.81. The monoisotopic (exact) mass is 248 g/mol. The number of nitrogens with two attached hydrogens (primary N) is 1. The first-order chi connectivity index (χ1) is 6.24. The predicted molar refractivity (Wildman–Crippen MR) is 56.8 cm³/mol. The van der Waals surface area contributed by atoms with E-state index in [2.05, 4.69) is 20.8 Å². The molecule has 3 nitrogen and oxygen atoms in total. The van der Waals surface area contributed by atoms with Gasteiger partial charge in [0, 0.05) is 11.9 Å². The molecule has 0 aromatic heterocycles. The van der Waals surface area contributed by atoms with Gasteiger partial charge in [0.2, 0.25) is 5.91 Å². The summed E-state index contributed by atoms with van der Waals surface area (Å²) in [6, 6.07) is 0. The normalized spacial score (nSPS) is 24.5. The van der Waals surface area contributed by atoms with Crippen molar-refractivity contribution in [1.29, 1.82) is 0 Å². The summed E-state index contributed by atoms with van der Waals surface area (Å²) >= 11 is 3.40. The van der Waals surface area contributed by atoms with Crippen LogP contribution < -0.4 is 5.73 Å². The third kappa shape index (κ3) is 3.65. The summed E-state index contributed by atoms with van der Waals surface area (Å²) in [5.41, 5.74) is 5.28. The predicted octanol–water partition coefficient (Wildman–Crippen LogP) is 0.969. The Bertz CT molecular complexity index is 175. The summed E-state index contributed by atoms with van der Waals surface area (Å²) in [5.74, 6) is -0.0485. The molecule has 0 radical (unpaired) electrons. The van der Waals surface area contributed by atoms with E-state index in [0.29, 0.717) is 0 Å². The van der Waals surface area contributed by atoms with Crippen molar-refractivity contribution >= 4 is 21.8 Å². The number of primary amides is 1. The van der Waals surface area contributed by atoms with Crippen molar-refractivity contribution in [1.82, 2.24) is 4.90 Å². The molecule has 0 saturated carbocycles. The summed E-state index contributed by atoms with van der Waals surface area (Å²) in [5, 5.41) is 1.03. The molecular weight excluding hydrogens is 232 g/mol. The molecule has 1 fully saturated rings. The minimum Gasteiger partial charge on any atom is -0.369 e. The average molecular weight is 249 g/mol. The zero-order chi connectivity index (χ0) is 9.68. The minimum atomic E-state index is -0.136. The van der Waals surface area contributed by atoms with Crippen LogP contribution in [0, 0.1) is 5.92 Å². The highest BCUT2D eigenvalue weighted by Gasteiger charge is 2.23. The van der Waals surface area contributed by atoms with Crippen LogP contribution in [0.5, 0.6) is 0 Å². The van der Waals surface area contributed by atoms with Crippen LogP contribution in [0.25, 0.3) is 0 Å². The van der Waals surface area contributed by atoms with Crippen LogP contribution in [-0.4, -0.2) is 35.8 Å². The first kappa shape index (κ1) is 11.0. The smallest absolute Gasteiger partial charge is 0.221 e. The Morgan fingerprint density at radius 2 is 2.38 bits per heavy atom. The Labute approximate surface area is 87.8 Å². The van der Waals surface area contributed by atoms with Crippen LogP contribution in [0.15, 0.2) is 0 Å². The number of nitrogens with zero attached hydrogens (tertiary/aromatic N) is 1. The largest absolute Gasteiger partial charge is 0.369 e. The average Bonchev–Trinajstić information content (AvgIpc) is 2.15. The lowest BCUT2D eigenvalue weighted by atomic mass is 9.97. The number of halogens is 1. The highest BCUT2D eigenvalue weighted by molar-refractivity contribution is 9.09. The van der Waals surface area contributed by atoms with E-state index >= 15 is 0 Å². The number of hydrogen-bond donors (Lipinski definition) is 1. The number of hydrogen-bond acceptors (Lipinski definition) is 2. The fourth-order valence-electron chi connectivity index (χ4n) is 1.77. The van der Waals surface area contributed by atoms with Crippen molar-refractivity contribution in [3.05, 3.63) is 0 Å². The van der Waals surface area contributed by atoms with E-state index in [4.69, 9.17) is 5.73 Å². The third-order valence-corrected chi connectivity index (χ3v) is 3.08. The summed E-state index contributed by atoms with van der Waals surface area (Å²) < 4.78 is 0. The fraction of sp³-hybridized carbons (Fsp3) is 0.889. The van der Waals surface area contributed by atoms with Gasteiger partial charge in [0.05, 0.1) is 5.92 Å². The molecule has 1 aliphatic heterocycles. The second kappa shape index (κ2) is 5.60. The van der Waals surface area contributed by atoms with Crippen molar-refractivity contribution in [3.63, 3.8) is 0 Å². The zero-order valence-electron chi connectivity index (χ0n) is 7.84. The standard InChI is InChI=1S/C9H17BrN2O/c10-4-2-6-12-5-1-3-8(7-12)9(11)13/h8H,1-7H2,(H2,11,13). The zero-order valence-corrected chi connectivity index (χ0v) is 9.42. The molecular formula is C9H17BrN2O. The van der Waals surface area contributed by atoms with Crippen molar-refractivity contribution < 1.29 is 4.79 Å². The highest BCUT2D eigenvalue weighted by Crippen LogP contribution is 2.15. The summed E-state index contributed by atoms with van der Waals surface area (Å²) in [7, 11) is 0. The lowest BCUT2D eigenvalue weighted by Crippen LogP contribution is -2.41. The first-order valence-corrected chi connectivity index (χ1v) is 5.94. The molecule has 0 aliphatic carbocycles. The summed E-state index contributed by atoms with van der Waals surface area (Å²) in [6.07, 6.45) is 3.22. The Balaban J connectivity index is 2.29. The molecule has 0 bridgehead atoms. The number of rotatable bonds is 4. The van der Waals surface area contributed by atoms with E-state index in [-0.39, 0.29) is 11.8 Å². The molecule has 1 unspecified atom stereocenters. The van der Waals surface area contributed by atoms with Crippen LogP contribution in [0.3, 0.4) is 0 Å².